The standard InChI is InChI=1S/C23H21IN2O5S/c1-2-31-23(28)17-8-12-19(13-9-17)25-22(27)16-26(20-14-10-18(24)11-15-20)32(29,30)21-6-4-3-5-7-21/h3-15H,2,16H2,1H3,(H,25,27). The Morgan fingerprint density at radius 2 is 1.56 bits per heavy atom. The molecule has 0 aliphatic carbocycles. The summed E-state index contributed by atoms with van der Waals surface area (Å²) in [5, 5.41) is 2.68. The van der Waals surface area contributed by atoms with Crippen LogP contribution in [-0.2, 0) is 19.6 Å². The van der Waals surface area contributed by atoms with Gasteiger partial charge in [0.2, 0.25) is 5.91 Å². The number of carbonyl (C=O) groups is 2. The number of nitrogens with zero attached hydrogens (tertiary/aromatic N) is 1. The van der Waals surface area contributed by atoms with Gasteiger partial charge in [0, 0.05) is 9.26 Å². The highest BCUT2D eigenvalue weighted by atomic mass is 127. The molecule has 0 saturated carbocycles. The lowest BCUT2D eigenvalue weighted by Crippen LogP contribution is -2.38. The van der Waals surface area contributed by atoms with Gasteiger partial charge < -0.3 is 10.1 Å². The van der Waals surface area contributed by atoms with Crippen LogP contribution in [0.1, 0.15) is 17.3 Å². The molecular formula is C23H21IN2O5S. The normalized spacial score (nSPS) is 10.9. The molecule has 32 heavy (non-hydrogen) atoms. The Hall–Kier alpha value is -2.92. The summed E-state index contributed by atoms with van der Waals surface area (Å²) in [7, 11) is -3.97. The SMILES string of the molecule is CCOC(=O)c1ccc(NC(=O)CN(c2ccc(I)cc2)S(=O)(=O)c2ccccc2)cc1. The number of amides is 1. The van der Waals surface area contributed by atoms with Crippen LogP contribution in [0.15, 0.2) is 83.8 Å². The number of rotatable bonds is 8. The Balaban J connectivity index is 1.83. The summed E-state index contributed by atoms with van der Waals surface area (Å²) in [5.41, 5.74) is 1.17. The van der Waals surface area contributed by atoms with Crippen LogP contribution in [0.4, 0.5) is 11.4 Å². The minimum atomic E-state index is -3.97. The highest BCUT2D eigenvalue weighted by molar-refractivity contribution is 14.1. The average Bonchev–Trinajstić information content (AvgIpc) is 2.79. The van der Waals surface area contributed by atoms with Crippen LogP contribution in [-0.4, -0.2) is 33.4 Å². The largest absolute Gasteiger partial charge is 0.462 e. The lowest BCUT2D eigenvalue weighted by Gasteiger charge is -2.24. The molecule has 7 nitrogen and oxygen atoms in total. The van der Waals surface area contributed by atoms with E-state index >= 15 is 0 Å². The van der Waals surface area contributed by atoms with E-state index in [-0.39, 0.29) is 11.5 Å². The lowest BCUT2D eigenvalue weighted by molar-refractivity contribution is -0.114. The van der Waals surface area contributed by atoms with Crippen LogP contribution in [0.2, 0.25) is 0 Å². The third kappa shape index (κ3) is 5.86. The maximum absolute atomic E-state index is 13.3. The zero-order chi connectivity index (χ0) is 23.1. The van der Waals surface area contributed by atoms with Crippen molar-refractivity contribution in [1.82, 2.24) is 0 Å². The van der Waals surface area contributed by atoms with Crippen molar-refractivity contribution in [3.8, 4) is 0 Å². The minimum absolute atomic E-state index is 0.0881. The molecule has 0 fully saturated rings. The Morgan fingerprint density at radius 1 is 0.938 bits per heavy atom. The van der Waals surface area contributed by atoms with Gasteiger partial charge in [-0.05, 0) is 90.2 Å². The van der Waals surface area contributed by atoms with Gasteiger partial charge in [-0.2, -0.15) is 0 Å². The van der Waals surface area contributed by atoms with Crippen LogP contribution in [0.25, 0.3) is 0 Å². The van der Waals surface area contributed by atoms with Crippen molar-refractivity contribution >= 4 is 55.9 Å². The van der Waals surface area contributed by atoms with Gasteiger partial charge in [-0.25, -0.2) is 13.2 Å². The van der Waals surface area contributed by atoms with E-state index in [2.05, 4.69) is 27.9 Å². The number of hydrogen-bond donors (Lipinski definition) is 1. The zero-order valence-electron chi connectivity index (χ0n) is 17.2. The van der Waals surface area contributed by atoms with Crippen LogP contribution in [0.3, 0.4) is 0 Å². The first-order valence-corrected chi connectivity index (χ1v) is 12.2. The van der Waals surface area contributed by atoms with Crippen LogP contribution in [0, 0.1) is 3.57 Å². The lowest BCUT2D eigenvalue weighted by atomic mass is 10.2. The molecule has 0 spiro atoms. The minimum Gasteiger partial charge on any atom is -0.462 e. The molecule has 0 aliphatic rings. The van der Waals surface area contributed by atoms with Gasteiger partial charge in [0.25, 0.3) is 10.0 Å². The van der Waals surface area contributed by atoms with Gasteiger partial charge >= 0.3 is 5.97 Å². The molecule has 0 aromatic heterocycles. The van der Waals surface area contributed by atoms with Crippen LogP contribution >= 0.6 is 22.6 Å². The third-order valence-corrected chi connectivity index (χ3v) is 6.92. The fraction of sp³-hybridized carbons (Fsp3) is 0.130. The number of hydrogen-bond acceptors (Lipinski definition) is 5. The first-order chi connectivity index (χ1) is 15.3. The van der Waals surface area contributed by atoms with Crippen molar-refractivity contribution in [3.63, 3.8) is 0 Å². The summed E-state index contributed by atoms with van der Waals surface area (Å²) in [6, 6.07) is 21.0. The van der Waals surface area contributed by atoms with Crippen molar-refractivity contribution in [2.75, 3.05) is 22.8 Å². The molecule has 0 heterocycles. The van der Waals surface area contributed by atoms with Crippen molar-refractivity contribution < 1.29 is 22.7 Å². The summed E-state index contributed by atoms with van der Waals surface area (Å²) in [6.45, 7) is 1.56. The van der Waals surface area contributed by atoms with Gasteiger partial charge in [0.05, 0.1) is 22.8 Å². The highest BCUT2D eigenvalue weighted by Crippen LogP contribution is 2.24. The predicted octanol–water partition coefficient (Wildman–Crippen LogP) is 4.30. The van der Waals surface area contributed by atoms with Gasteiger partial charge in [-0.1, -0.05) is 18.2 Å². The number of benzene rings is 3. The molecule has 0 saturated heterocycles. The molecule has 0 unspecified atom stereocenters. The second-order valence-electron chi connectivity index (χ2n) is 6.65. The number of nitrogens with one attached hydrogen (secondary N) is 1. The second-order valence-corrected chi connectivity index (χ2v) is 9.76. The fourth-order valence-corrected chi connectivity index (χ4v) is 4.68. The molecule has 0 radical (unpaired) electrons. The molecule has 3 aromatic rings. The number of sulfonamides is 1. The van der Waals surface area contributed by atoms with Crippen molar-refractivity contribution in [2.24, 2.45) is 0 Å². The van der Waals surface area contributed by atoms with E-state index in [1.165, 1.54) is 24.3 Å². The zero-order valence-corrected chi connectivity index (χ0v) is 20.2. The molecule has 1 N–H and O–H groups in total. The Kier molecular flexibility index (Phi) is 7.86. The predicted molar refractivity (Wildman–Crippen MR) is 131 cm³/mol. The molecule has 0 aliphatic heterocycles. The van der Waals surface area contributed by atoms with E-state index in [1.54, 1.807) is 61.5 Å². The topological polar surface area (TPSA) is 92.8 Å². The highest BCUT2D eigenvalue weighted by Gasteiger charge is 2.27. The van der Waals surface area contributed by atoms with Gasteiger partial charge in [0.15, 0.2) is 0 Å². The fourth-order valence-electron chi connectivity index (χ4n) is 2.88. The van der Waals surface area contributed by atoms with E-state index in [4.69, 9.17) is 4.74 Å². The molecule has 3 aromatic carbocycles. The van der Waals surface area contributed by atoms with Crippen LogP contribution < -0.4 is 9.62 Å². The summed E-state index contributed by atoms with van der Waals surface area (Å²) in [4.78, 5) is 24.6. The molecule has 1 amide bonds. The molecule has 0 atom stereocenters. The molecular weight excluding hydrogens is 543 g/mol. The second kappa shape index (κ2) is 10.6. The Labute approximate surface area is 200 Å². The summed E-state index contributed by atoms with van der Waals surface area (Å²) in [6.07, 6.45) is 0. The van der Waals surface area contributed by atoms with E-state index in [9.17, 15) is 18.0 Å². The smallest absolute Gasteiger partial charge is 0.338 e. The summed E-state index contributed by atoms with van der Waals surface area (Å²) in [5.74, 6) is -0.976. The van der Waals surface area contributed by atoms with Gasteiger partial charge in [-0.15, -0.1) is 0 Å². The first kappa shape index (κ1) is 23.7. The van der Waals surface area contributed by atoms with Gasteiger partial charge in [-0.3, -0.25) is 9.10 Å². The Morgan fingerprint density at radius 3 is 2.16 bits per heavy atom. The Bertz CT molecular complexity index is 1180. The van der Waals surface area contributed by atoms with Gasteiger partial charge in [0.1, 0.15) is 6.54 Å². The van der Waals surface area contributed by atoms with E-state index in [0.717, 1.165) is 7.88 Å². The summed E-state index contributed by atoms with van der Waals surface area (Å²) < 4.78 is 33.5. The molecule has 9 heteroatoms. The van der Waals surface area contributed by atoms with Crippen molar-refractivity contribution in [2.45, 2.75) is 11.8 Å². The quantitative estimate of drug-likeness (QED) is 0.326. The first-order valence-electron chi connectivity index (χ1n) is 9.71. The van der Waals surface area contributed by atoms with E-state index in [1.807, 2.05) is 0 Å². The van der Waals surface area contributed by atoms with Crippen LogP contribution in [0.5, 0.6) is 0 Å². The third-order valence-electron chi connectivity index (χ3n) is 4.41. The number of esters is 1. The molecule has 3 rings (SSSR count). The number of anilines is 2. The van der Waals surface area contributed by atoms with Crippen molar-refractivity contribution in [1.29, 1.82) is 0 Å². The number of ether oxygens (including phenoxy) is 1. The molecule has 166 valence electrons. The van der Waals surface area contributed by atoms with Crippen molar-refractivity contribution in [3.05, 3.63) is 88.0 Å². The maximum Gasteiger partial charge on any atom is 0.338 e. The maximum atomic E-state index is 13.3. The molecule has 0 bridgehead atoms. The van der Waals surface area contributed by atoms with E-state index < -0.39 is 28.4 Å². The number of halogens is 1. The summed E-state index contributed by atoms with van der Waals surface area (Å²) >= 11 is 2.12. The monoisotopic (exact) mass is 564 g/mol. The van der Waals surface area contributed by atoms with E-state index in [0.29, 0.717) is 16.9 Å². The average molecular weight is 564 g/mol. The number of carbonyl (C=O) groups excluding carboxylic acids is 2.